The number of amides is 1. The Morgan fingerprint density at radius 1 is 1.44 bits per heavy atom. The van der Waals surface area contributed by atoms with Gasteiger partial charge in [-0.1, -0.05) is 0 Å². The zero-order valence-electron chi connectivity index (χ0n) is 9.24. The summed E-state index contributed by atoms with van der Waals surface area (Å²) in [5.41, 5.74) is 0.786. The van der Waals surface area contributed by atoms with Crippen LogP contribution in [0.3, 0.4) is 0 Å². The van der Waals surface area contributed by atoms with Gasteiger partial charge in [-0.3, -0.25) is 4.79 Å². The van der Waals surface area contributed by atoms with E-state index in [0.29, 0.717) is 6.04 Å². The molecule has 0 spiro atoms. The molecular formula is C12H15IN2O. The highest BCUT2D eigenvalue weighted by molar-refractivity contribution is 14.1. The summed E-state index contributed by atoms with van der Waals surface area (Å²) in [7, 11) is 0. The van der Waals surface area contributed by atoms with Gasteiger partial charge in [0, 0.05) is 28.8 Å². The van der Waals surface area contributed by atoms with E-state index in [1.807, 2.05) is 36.1 Å². The summed E-state index contributed by atoms with van der Waals surface area (Å²) >= 11 is 2.24. The van der Waals surface area contributed by atoms with E-state index in [2.05, 4.69) is 27.9 Å². The van der Waals surface area contributed by atoms with Crippen molar-refractivity contribution in [3.05, 3.63) is 33.4 Å². The summed E-state index contributed by atoms with van der Waals surface area (Å²) in [6.45, 7) is 4.65. The van der Waals surface area contributed by atoms with Crippen molar-refractivity contribution in [2.45, 2.75) is 13.0 Å². The molecule has 16 heavy (non-hydrogen) atoms. The molecule has 1 aliphatic rings. The molecule has 1 aliphatic heterocycles. The van der Waals surface area contributed by atoms with Crippen molar-refractivity contribution < 1.29 is 4.79 Å². The van der Waals surface area contributed by atoms with Crippen molar-refractivity contribution in [2.24, 2.45) is 0 Å². The van der Waals surface area contributed by atoms with Crippen molar-refractivity contribution >= 4 is 28.5 Å². The summed E-state index contributed by atoms with van der Waals surface area (Å²) in [6.07, 6.45) is 0. The summed E-state index contributed by atoms with van der Waals surface area (Å²) in [5, 5.41) is 3.20. The highest BCUT2D eigenvalue weighted by Crippen LogP contribution is 2.13. The Morgan fingerprint density at radius 2 is 2.06 bits per heavy atom. The molecule has 1 aromatic carbocycles. The first-order valence-electron chi connectivity index (χ1n) is 5.49. The van der Waals surface area contributed by atoms with Gasteiger partial charge in [0.05, 0.1) is 6.04 Å². The van der Waals surface area contributed by atoms with Crippen LogP contribution in [0.2, 0.25) is 0 Å². The van der Waals surface area contributed by atoms with Crippen LogP contribution in [-0.4, -0.2) is 36.5 Å². The maximum atomic E-state index is 12.2. The van der Waals surface area contributed by atoms with Crippen molar-refractivity contribution in [2.75, 3.05) is 19.6 Å². The fourth-order valence-corrected chi connectivity index (χ4v) is 2.18. The fourth-order valence-electron chi connectivity index (χ4n) is 1.82. The van der Waals surface area contributed by atoms with Crippen LogP contribution in [0.4, 0.5) is 0 Å². The minimum absolute atomic E-state index is 0.144. The molecule has 4 heteroatoms. The fraction of sp³-hybridized carbons (Fsp3) is 0.417. The number of hydrogen-bond donors (Lipinski definition) is 1. The molecule has 0 saturated carbocycles. The van der Waals surface area contributed by atoms with Crippen LogP contribution in [0.1, 0.15) is 17.3 Å². The normalized spacial score (nSPS) is 15.6. The van der Waals surface area contributed by atoms with Gasteiger partial charge in [0.25, 0.3) is 5.91 Å². The Bertz CT molecular complexity index is 373. The third kappa shape index (κ3) is 2.38. The summed E-state index contributed by atoms with van der Waals surface area (Å²) in [5.74, 6) is 0.144. The van der Waals surface area contributed by atoms with E-state index in [9.17, 15) is 4.79 Å². The number of nitrogens with one attached hydrogen (secondary N) is 1. The maximum absolute atomic E-state index is 12.2. The van der Waals surface area contributed by atoms with Crippen LogP contribution < -0.4 is 5.32 Å². The predicted molar refractivity (Wildman–Crippen MR) is 72.5 cm³/mol. The first-order valence-corrected chi connectivity index (χ1v) is 6.57. The second-order valence-electron chi connectivity index (χ2n) is 3.91. The van der Waals surface area contributed by atoms with Gasteiger partial charge in [-0.05, 0) is 53.8 Å². The van der Waals surface area contributed by atoms with Crippen LogP contribution >= 0.6 is 22.6 Å². The van der Waals surface area contributed by atoms with Crippen LogP contribution in [0, 0.1) is 3.57 Å². The Labute approximate surface area is 109 Å². The number of rotatable bonds is 3. The van der Waals surface area contributed by atoms with Crippen LogP contribution in [-0.2, 0) is 0 Å². The molecule has 0 aliphatic carbocycles. The van der Waals surface area contributed by atoms with Crippen LogP contribution in [0.15, 0.2) is 24.3 Å². The lowest BCUT2D eigenvalue weighted by Gasteiger charge is -2.37. The molecule has 0 atom stereocenters. The van der Waals surface area contributed by atoms with Gasteiger partial charge in [-0.25, -0.2) is 0 Å². The predicted octanol–water partition coefficient (Wildman–Crippen LogP) is 1.73. The van der Waals surface area contributed by atoms with Gasteiger partial charge in [0.15, 0.2) is 0 Å². The van der Waals surface area contributed by atoms with Gasteiger partial charge in [-0.15, -0.1) is 0 Å². The Kier molecular flexibility index (Phi) is 3.81. The number of halogens is 1. The molecular weight excluding hydrogens is 315 g/mol. The van der Waals surface area contributed by atoms with Crippen molar-refractivity contribution in [1.82, 2.24) is 10.2 Å². The highest BCUT2D eigenvalue weighted by Gasteiger charge is 2.27. The topological polar surface area (TPSA) is 32.3 Å². The van der Waals surface area contributed by atoms with Gasteiger partial charge >= 0.3 is 0 Å². The molecule has 1 aromatic rings. The zero-order valence-corrected chi connectivity index (χ0v) is 11.4. The number of hydrogen-bond acceptors (Lipinski definition) is 2. The summed E-state index contributed by atoms with van der Waals surface area (Å²) in [4.78, 5) is 14.2. The number of likely N-dealkylation sites (N-methyl/N-ethyl adjacent to an activating group) is 1. The number of benzene rings is 1. The lowest BCUT2D eigenvalue weighted by molar-refractivity contribution is 0.0630. The second-order valence-corrected chi connectivity index (χ2v) is 5.16. The van der Waals surface area contributed by atoms with E-state index in [1.165, 1.54) is 0 Å². The van der Waals surface area contributed by atoms with Crippen molar-refractivity contribution in [1.29, 1.82) is 0 Å². The molecule has 1 saturated heterocycles. The average molecular weight is 330 g/mol. The van der Waals surface area contributed by atoms with Crippen molar-refractivity contribution in [3.63, 3.8) is 0 Å². The number of nitrogens with zero attached hydrogens (tertiary/aromatic N) is 1. The minimum Gasteiger partial charge on any atom is -0.333 e. The molecule has 1 heterocycles. The molecule has 2 rings (SSSR count). The lowest BCUT2D eigenvalue weighted by atomic mass is 10.1. The zero-order chi connectivity index (χ0) is 11.5. The van der Waals surface area contributed by atoms with Gasteiger partial charge < -0.3 is 10.2 Å². The summed E-state index contributed by atoms with van der Waals surface area (Å²) in [6, 6.07) is 8.12. The monoisotopic (exact) mass is 330 g/mol. The van der Waals surface area contributed by atoms with E-state index in [1.54, 1.807) is 0 Å². The highest BCUT2D eigenvalue weighted by atomic mass is 127. The SMILES string of the molecule is CCN(C(=O)c1ccc(I)cc1)C1CNC1. The molecule has 1 amide bonds. The van der Waals surface area contributed by atoms with Crippen LogP contribution in [0.5, 0.6) is 0 Å². The van der Waals surface area contributed by atoms with Gasteiger partial charge in [0.2, 0.25) is 0 Å². The molecule has 3 nitrogen and oxygen atoms in total. The number of carbonyl (C=O) groups is 1. The smallest absolute Gasteiger partial charge is 0.254 e. The molecule has 1 fully saturated rings. The second kappa shape index (κ2) is 5.14. The molecule has 0 radical (unpaired) electrons. The quantitative estimate of drug-likeness (QED) is 0.856. The molecule has 0 bridgehead atoms. The Morgan fingerprint density at radius 3 is 2.50 bits per heavy atom. The largest absolute Gasteiger partial charge is 0.333 e. The summed E-state index contributed by atoms with van der Waals surface area (Å²) < 4.78 is 1.16. The minimum atomic E-state index is 0.144. The van der Waals surface area contributed by atoms with Crippen LogP contribution in [0.25, 0.3) is 0 Å². The standard InChI is InChI=1S/C12H15IN2O/c1-2-15(11-7-14-8-11)12(16)9-3-5-10(13)6-4-9/h3-6,11,14H,2,7-8H2,1H3. The lowest BCUT2D eigenvalue weighted by Crippen LogP contribution is -2.58. The Hall–Kier alpha value is -0.620. The molecule has 0 aromatic heterocycles. The van der Waals surface area contributed by atoms with E-state index in [4.69, 9.17) is 0 Å². The Balaban J connectivity index is 2.12. The van der Waals surface area contributed by atoms with E-state index in [0.717, 1.165) is 28.8 Å². The number of carbonyl (C=O) groups excluding carboxylic acids is 1. The molecule has 86 valence electrons. The van der Waals surface area contributed by atoms with Crippen molar-refractivity contribution in [3.8, 4) is 0 Å². The maximum Gasteiger partial charge on any atom is 0.254 e. The average Bonchev–Trinajstić information content (AvgIpc) is 2.23. The third-order valence-corrected chi connectivity index (χ3v) is 3.61. The molecule has 0 unspecified atom stereocenters. The van der Waals surface area contributed by atoms with E-state index >= 15 is 0 Å². The van der Waals surface area contributed by atoms with Gasteiger partial charge in [-0.2, -0.15) is 0 Å². The first-order chi connectivity index (χ1) is 7.72. The van der Waals surface area contributed by atoms with E-state index in [-0.39, 0.29) is 5.91 Å². The van der Waals surface area contributed by atoms with E-state index < -0.39 is 0 Å². The van der Waals surface area contributed by atoms with Gasteiger partial charge in [0.1, 0.15) is 0 Å². The third-order valence-electron chi connectivity index (χ3n) is 2.89. The first kappa shape index (κ1) is 11.9. The molecule has 1 N–H and O–H groups in total.